The Morgan fingerprint density at radius 1 is 1.15 bits per heavy atom. The summed E-state index contributed by atoms with van der Waals surface area (Å²) in [6.07, 6.45) is 2.39. The van der Waals surface area contributed by atoms with Crippen LogP contribution < -0.4 is 0 Å². The minimum absolute atomic E-state index is 0.0864. The maximum atomic E-state index is 13.8. The van der Waals surface area contributed by atoms with E-state index in [-0.39, 0.29) is 17.4 Å². The van der Waals surface area contributed by atoms with Gasteiger partial charge in [-0.25, -0.2) is 8.78 Å². The van der Waals surface area contributed by atoms with Crippen molar-refractivity contribution in [2.45, 2.75) is 31.1 Å². The van der Waals surface area contributed by atoms with Gasteiger partial charge in [0, 0.05) is 32.2 Å². The molecule has 3 heterocycles. The summed E-state index contributed by atoms with van der Waals surface area (Å²) in [5, 5.41) is 4.08. The Balaban J connectivity index is 1.44. The van der Waals surface area contributed by atoms with Crippen LogP contribution >= 0.6 is 0 Å². The predicted molar refractivity (Wildman–Crippen MR) is 86.7 cm³/mol. The van der Waals surface area contributed by atoms with Gasteiger partial charge in [-0.15, -0.1) is 0 Å². The topological polar surface area (TPSA) is 68.5 Å². The van der Waals surface area contributed by atoms with E-state index in [0.717, 1.165) is 31.0 Å². The second-order valence-electron chi connectivity index (χ2n) is 6.74. The lowest BCUT2D eigenvalue weighted by Gasteiger charge is -2.18. The molecule has 1 atom stereocenters. The zero-order valence-corrected chi connectivity index (χ0v) is 14.2. The Hall–Kier alpha value is -2.35. The molecule has 2 fully saturated rings. The first kappa shape index (κ1) is 17.1. The Kier molecular flexibility index (Phi) is 4.67. The van der Waals surface area contributed by atoms with Gasteiger partial charge in [-0.05, 0) is 37.5 Å². The fourth-order valence-corrected chi connectivity index (χ4v) is 3.51. The Bertz CT molecular complexity index is 805. The first-order chi connectivity index (χ1) is 12.6. The summed E-state index contributed by atoms with van der Waals surface area (Å²) in [4.78, 5) is 18.5. The standard InChI is InChI=1S/C18H19F2N3O3/c19-13-1-2-15(20)14(9-13)18(24)23-6-3-12(10-23)17-21-16(22-26-17)11-4-7-25-8-5-11/h1-2,9,11-12H,3-8,10H2. The molecule has 0 saturated carbocycles. The molecule has 1 amide bonds. The van der Waals surface area contributed by atoms with E-state index in [1.807, 2.05) is 0 Å². The summed E-state index contributed by atoms with van der Waals surface area (Å²) >= 11 is 0. The van der Waals surface area contributed by atoms with Crippen LogP contribution in [0.5, 0.6) is 0 Å². The number of hydrogen-bond acceptors (Lipinski definition) is 5. The number of benzene rings is 1. The van der Waals surface area contributed by atoms with Crippen LogP contribution in [0.1, 0.15) is 53.2 Å². The van der Waals surface area contributed by atoms with Gasteiger partial charge in [0.2, 0.25) is 5.89 Å². The summed E-state index contributed by atoms with van der Waals surface area (Å²) in [5.74, 6) is -0.541. The fourth-order valence-electron chi connectivity index (χ4n) is 3.51. The van der Waals surface area contributed by atoms with Gasteiger partial charge in [0.25, 0.3) is 5.91 Å². The fraction of sp³-hybridized carbons (Fsp3) is 0.500. The van der Waals surface area contributed by atoms with Gasteiger partial charge in [0.05, 0.1) is 11.5 Å². The third kappa shape index (κ3) is 3.33. The summed E-state index contributed by atoms with van der Waals surface area (Å²) in [5.41, 5.74) is -0.251. The number of ether oxygens (including phenoxy) is 1. The van der Waals surface area contributed by atoms with E-state index < -0.39 is 17.5 Å². The molecule has 0 bridgehead atoms. The summed E-state index contributed by atoms with van der Waals surface area (Å²) < 4.78 is 37.9. The van der Waals surface area contributed by atoms with E-state index in [2.05, 4.69) is 10.1 Å². The third-order valence-electron chi connectivity index (χ3n) is 5.03. The molecule has 4 rings (SSSR count). The normalized spacial score (nSPS) is 21.3. The van der Waals surface area contributed by atoms with Gasteiger partial charge in [0.15, 0.2) is 5.82 Å². The second kappa shape index (κ2) is 7.11. The number of hydrogen-bond donors (Lipinski definition) is 0. The quantitative estimate of drug-likeness (QED) is 0.839. The molecule has 0 N–H and O–H groups in total. The molecule has 1 aromatic carbocycles. The smallest absolute Gasteiger partial charge is 0.256 e. The third-order valence-corrected chi connectivity index (χ3v) is 5.03. The SMILES string of the molecule is O=C(c1cc(F)ccc1F)N1CCC(c2nc(C3CCOCC3)no2)C1. The number of halogens is 2. The van der Waals surface area contributed by atoms with Crippen LogP contribution in [0.15, 0.2) is 22.7 Å². The van der Waals surface area contributed by atoms with E-state index in [0.29, 0.717) is 44.4 Å². The van der Waals surface area contributed by atoms with Crippen molar-refractivity contribution in [1.82, 2.24) is 15.0 Å². The van der Waals surface area contributed by atoms with Crippen LogP contribution in [0.4, 0.5) is 8.78 Å². The number of rotatable bonds is 3. The van der Waals surface area contributed by atoms with Crippen LogP contribution in [0, 0.1) is 11.6 Å². The van der Waals surface area contributed by atoms with Crippen molar-refractivity contribution < 1.29 is 22.8 Å². The molecule has 26 heavy (non-hydrogen) atoms. The van der Waals surface area contributed by atoms with Crippen LogP contribution in [0.3, 0.4) is 0 Å². The van der Waals surface area contributed by atoms with Gasteiger partial charge < -0.3 is 14.2 Å². The van der Waals surface area contributed by atoms with E-state index in [1.54, 1.807) is 0 Å². The van der Waals surface area contributed by atoms with Crippen LogP contribution in [-0.4, -0.2) is 47.3 Å². The van der Waals surface area contributed by atoms with Crippen molar-refractivity contribution in [2.24, 2.45) is 0 Å². The first-order valence-corrected chi connectivity index (χ1v) is 8.77. The first-order valence-electron chi connectivity index (χ1n) is 8.77. The van der Waals surface area contributed by atoms with Gasteiger partial charge in [-0.2, -0.15) is 4.98 Å². The molecule has 6 nitrogen and oxygen atoms in total. The Morgan fingerprint density at radius 2 is 1.96 bits per heavy atom. The average molecular weight is 363 g/mol. The van der Waals surface area contributed by atoms with Gasteiger partial charge >= 0.3 is 0 Å². The Labute approximate surface area is 149 Å². The van der Waals surface area contributed by atoms with Gasteiger partial charge in [-0.1, -0.05) is 5.16 Å². The molecule has 1 unspecified atom stereocenters. The van der Waals surface area contributed by atoms with Gasteiger partial charge in [0.1, 0.15) is 11.6 Å². The molecular weight excluding hydrogens is 344 g/mol. The highest BCUT2D eigenvalue weighted by Crippen LogP contribution is 2.30. The number of carbonyl (C=O) groups excluding carboxylic acids is 1. The molecule has 0 aliphatic carbocycles. The molecule has 2 aliphatic rings. The number of amides is 1. The maximum absolute atomic E-state index is 13.8. The molecule has 0 radical (unpaired) electrons. The van der Waals surface area contributed by atoms with Crippen molar-refractivity contribution in [2.75, 3.05) is 26.3 Å². The monoisotopic (exact) mass is 363 g/mol. The van der Waals surface area contributed by atoms with Crippen molar-refractivity contribution >= 4 is 5.91 Å². The molecular formula is C18H19F2N3O3. The summed E-state index contributed by atoms with van der Waals surface area (Å²) in [6, 6.07) is 2.89. The van der Waals surface area contributed by atoms with Crippen molar-refractivity contribution in [3.8, 4) is 0 Å². The average Bonchev–Trinajstić information content (AvgIpc) is 3.33. The van der Waals surface area contributed by atoms with Crippen LogP contribution in [0.25, 0.3) is 0 Å². The largest absolute Gasteiger partial charge is 0.381 e. The van der Waals surface area contributed by atoms with Crippen LogP contribution in [-0.2, 0) is 4.74 Å². The zero-order chi connectivity index (χ0) is 18.1. The van der Waals surface area contributed by atoms with Gasteiger partial charge in [-0.3, -0.25) is 4.79 Å². The van der Waals surface area contributed by atoms with Crippen molar-refractivity contribution in [3.05, 3.63) is 47.1 Å². The zero-order valence-electron chi connectivity index (χ0n) is 14.2. The molecule has 1 aromatic heterocycles. The van der Waals surface area contributed by atoms with E-state index in [1.165, 1.54) is 4.90 Å². The Morgan fingerprint density at radius 3 is 2.77 bits per heavy atom. The molecule has 138 valence electrons. The minimum Gasteiger partial charge on any atom is -0.381 e. The van der Waals surface area contributed by atoms with E-state index >= 15 is 0 Å². The van der Waals surface area contributed by atoms with Crippen molar-refractivity contribution in [3.63, 3.8) is 0 Å². The number of carbonyl (C=O) groups is 1. The number of nitrogens with zero attached hydrogens (tertiary/aromatic N) is 3. The highest BCUT2D eigenvalue weighted by atomic mass is 19.1. The highest BCUT2D eigenvalue weighted by molar-refractivity contribution is 5.94. The lowest BCUT2D eigenvalue weighted by Crippen LogP contribution is -2.29. The maximum Gasteiger partial charge on any atom is 0.256 e. The van der Waals surface area contributed by atoms with E-state index in [9.17, 15) is 13.6 Å². The predicted octanol–water partition coefficient (Wildman–Crippen LogP) is 2.87. The summed E-state index contributed by atoms with van der Waals surface area (Å²) in [7, 11) is 0. The van der Waals surface area contributed by atoms with Crippen LogP contribution in [0.2, 0.25) is 0 Å². The molecule has 2 saturated heterocycles. The molecule has 0 spiro atoms. The lowest BCUT2D eigenvalue weighted by molar-refractivity contribution is 0.0784. The second-order valence-corrected chi connectivity index (χ2v) is 6.74. The van der Waals surface area contributed by atoms with Crippen molar-refractivity contribution in [1.29, 1.82) is 0 Å². The number of likely N-dealkylation sites (tertiary alicyclic amines) is 1. The molecule has 8 heteroatoms. The number of aromatic nitrogens is 2. The minimum atomic E-state index is -0.723. The summed E-state index contributed by atoms with van der Waals surface area (Å²) in [6.45, 7) is 2.18. The van der Waals surface area contributed by atoms with E-state index in [4.69, 9.17) is 9.26 Å². The molecule has 2 aromatic rings. The molecule has 2 aliphatic heterocycles. The lowest BCUT2D eigenvalue weighted by atomic mass is 10.00. The highest BCUT2D eigenvalue weighted by Gasteiger charge is 2.33.